The van der Waals surface area contributed by atoms with Crippen molar-refractivity contribution in [1.29, 1.82) is 0 Å². The average molecular weight is 248 g/mol. The third-order valence-electron chi connectivity index (χ3n) is 3.91. The summed E-state index contributed by atoms with van der Waals surface area (Å²) in [5.74, 6) is 1.14. The lowest BCUT2D eigenvalue weighted by Crippen LogP contribution is -2.35. The number of anilines is 1. The highest BCUT2D eigenvalue weighted by atomic mass is 16.6. The molecule has 0 amide bonds. The van der Waals surface area contributed by atoms with Crippen molar-refractivity contribution < 1.29 is 4.92 Å². The van der Waals surface area contributed by atoms with Crippen molar-refractivity contribution in [2.75, 3.05) is 24.5 Å². The zero-order valence-electron chi connectivity index (χ0n) is 10.3. The first kappa shape index (κ1) is 11.4. The minimum absolute atomic E-state index is 0.119. The van der Waals surface area contributed by atoms with Gasteiger partial charge < -0.3 is 10.2 Å². The molecule has 2 atom stereocenters. The van der Waals surface area contributed by atoms with Gasteiger partial charge in [-0.25, -0.2) is 4.98 Å². The van der Waals surface area contributed by atoms with E-state index in [1.807, 2.05) is 6.92 Å². The summed E-state index contributed by atoms with van der Waals surface area (Å²) in [6, 6.07) is 3.62. The third-order valence-corrected chi connectivity index (χ3v) is 3.91. The van der Waals surface area contributed by atoms with E-state index in [0.717, 1.165) is 31.7 Å². The van der Waals surface area contributed by atoms with Crippen LogP contribution in [0.4, 0.5) is 11.5 Å². The Morgan fingerprint density at radius 1 is 1.50 bits per heavy atom. The maximum Gasteiger partial charge on any atom is 0.311 e. The first-order valence-corrected chi connectivity index (χ1v) is 6.26. The molecule has 0 aliphatic carbocycles. The maximum absolute atomic E-state index is 11.1. The second kappa shape index (κ2) is 4.20. The van der Waals surface area contributed by atoms with Gasteiger partial charge in [0.1, 0.15) is 0 Å². The summed E-state index contributed by atoms with van der Waals surface area (Å²) >= 11 is 0. The van der Waals surface area contributed by atoms with Gasteiger partial charge in [0.15, 0.2) is 0 Å². The molecule has 2 aliphatic rings. The van der Waals surface area contributed by atoms with Gasteiger partial charge in [0.05, 0.1) is 4.92 Å². The summed E-state index contributed by atoms with van der Waals surface area (Å²) in [6.45, 7) is 4.65. The van der Waals surface area contributed by atoms with E-state index in [4.69, 9.17) is 0 Å². The van der Waals surface area contributed by atoms with Gasteiger partial charge in [0.2, 0.25) is 5.82 Å². The summed E-state index contributed by atoms with van der Waals surface area (Å²) in [5.41, 5.74) is 0.943. The average Bonchev–Trinajstić information content (AvgIpc) is 2.89. The molecule has 0 unspecified atom stereocenters. The molecule has 1 aromatic heterocycles. The number of nitrogens with one attached hydrogen (secondary N) is 1. The summed E-state index contributed by atoms with van der Waals surface area (Å²) in [5, 5.41) is 14.5. The van der Waals surface area contributed by atoms with E-state index in [-0.39, 0.29) is 10.6 Å². The van der Waals surface area contributed by atoms with Gasteiger partial charge in [0.25, 0.3) is 0 Å². The second-order valence-corrected chi connectivity index (χ2v) is 5.02. The van der Waals surface area contributed by atoms with E-state index < -0.39 is 0 Å². The van der Waals surface area contributed by atoms with Crippen LogP contribution < -0.4 is 10.2 Å². The lowest BCUT2D eigenvalue weighted by Gasteiger charge is -2.24. The highest BCUT2D eigenvalue weighted by Gasteiger charge is 2.40. The molecule has 18 heavy (non-hydrogen) atoms. The molecule has 1 aromatic rings. The van der Waals surface area contributed by atoms with E-state index >= 15 is 0 Å². The number of fused-ring (bicyclic) bond motifs is 1. The Kier molecular flexibility index (Phi) is 2.66. The third kappa shape index (κ3) is 1.73. The lowest BCUT2D eigenvalue weighted by molar-refractivity contribution is -0.384. The van der Waals surface area contributed by atoms with Gasteiger partial charge >= 0.3 is 5.69 Å². The number of aryl methyl sites for hydroxylation is 1. The van der Waals surface area contributed by atoms with Crippen LogP contribution in [-0.4, -0.2) is 35.6 Å². The molecule has 2 fully saturated rings. The monoisotopic (exact) mass is 248 g/mol. The summed E-state index contributed by atoms with van der Waals surface area (Å²) in [6.07, 6.45) is 1.09. The molecule has 96 valence electrons. The summed E-state index contributed by atoms with van der Waals surface area (Å²) in [7, 11) is 0. The minimum Gasteiger partial charge on any atom is -0.346 e. The summed E-state index contributed by atoms with van der Waals surface area (Å²) in [4.78, 5) is 17.3. The first-order chi connectivity index (χ1) is 8.66. The van der Waals surface area contributed by atoms with Crippen molar-refractivity contribution in [2.45, 2.75) is 19.4 Å². The fourth-order valence-corrected chi connectivity index (χ4v) is 3.00. The Morgan fingerprint density at radius 3 is 3.11 bits per heavy atom. The molecule has 0 radical (unpaired) electrons. The molecule has 6 heteroatoms. The molecule has 0 saturated carbocycles. The highest BCUT2D eigenvalue weighted by molar-refractivity contribution is 5.59. The van der Waals surface area contributed by atoms with Crippen LogP contribution in [-0.2, 0) is 0 Å². The molecule has 2 aliphatic heterocycles. The summed E-state index contributed by atoms with van der Waals surface area (Å²) < 4.78 is 0. The van der Waals surface area contributed by atoms with Gasteiger partial charge in [-0.05, 0) is 25.3 Å². The van der Waals surface area contributed by atoms with E-state index in [2.05, 4.69) is 15.2 Å². The number of aromatic nitrogens is 1. The molecule has 0 aromatic carbocycles. The molecule has 1 N–H and O–H groups in total. The molecular formula is C12H16N4O2. The van der Waals surface area contributed by atoms with E-state index in [1.165, 1.54) is 0 Å². The van der Waals surface area contributed by atoms with Gasteiger partial charge in [-0.3, -0.25) is 10.1 Å². The van der Waals surface area contributed by atoms with Crippen LogP contribution in [0.3, 0.4) is 0 Å². The van der Waals surface area contributed by atoms with Crippen molar-refractivity contribution in [3.8, 4) is 0 Å². The van der Waals surface area contributed by atoms with E-state index in [1.54, 1.807) is 12.1 Å². The number of pyridine rings is 1. The Morgan fingerprint density at radius 2 is 2.33 bits per heavy atom. The standard InChI is InChI=1S/C12H16N4O2/c1-8-2-3-10(16(17)18)12(14-8)15-5-4-9-6-13-7-11(9)15/h2-3,9,11,13H,4-7H2,1H3/t9-,11+/m0/s1. The Hall–Kier alpha value is -1.69. The van der Waals surface area contributed by atoms with Crippen molar-refractivity contribution in [2.24, 2.45) is 5.92 Å². The SMILES string of the molecule is Cc1ccc([N+](=O)[O-])c(N2CC[C@H]3CNC[C@H]32)n1. The predicted molar refractivity (Wildman–Crippen MR) is 67.7 cm³/mol. The van der Waals surface area contributed by atoms with Gasteiger partial charge in [0, 0.05) is 37.4 Å². The zero-order chi connectivity index (χ0) is 12.7. The molecule has 3 heterocycles. The van der Waals surface area contributed by atoms with Gasteiger partial charge in [-0.1, -0.05) is 0 Å². The molecule has 6 nitrogen and oxygen atoms in total. The van der Waals surface area contributed by atoms with Crippen molar-refractivity contribution in [1.82, 2.24) is 10.3 Å². The quantitative estimate of drug-likeness (QED) is 0.626. The minimum atomic E-state index is -0.336. The molecule has 0 bridgehead atoms. The Bertz CT molecular complexity index is 491. The molecular weight excluding hydrogens is 232 g/mol. The maximum atomic E-state index is 11.1. The van der Waals surface area contributed by atoms with Crippen molar-refractivity contribution >= 4 is 11.5 Å². The van der Waals surface area contributed by atoms with Crippen LogP contribution in [0, 0.1) is 23.0 Å². The van der Waals surface area contributed by atoms with Crippen LogP contribution in [0.2, 0.25) is 0 Å². The second-order valence-electron chi connectivity index (χ2n) is 5.02. The number of hydrogen-bond acceptors (Lipinski definition) is 5. The fourth-order valence-electron chi connectivity index (χ4n) is 3.00. The largest absolute Gasteiger partial charge is 0.346 e. The number of rotatable bonds is 2. The highest BCUT2D eigenvalue weighted by Crippen LogP contribution is 2.35. The van der Waals surface area contributed by atoms with E-state index in [0.29, 0.717) is 17.8 Å². The number of nitro groups is 1. The van der Waals surface area contributed by atoms with Gasteiger partial charge in [-0.15, -0.1) is 0 Å². The van der Waals surface area contributed by atoms with Crippen LogP contribution in [0.25, 0.3) is 0 Å². The smallest absolute Gasteiger partial charge is 0.311 e. The van der Waals surface area contributed by atoms with Crippen LogP contribution >= 0.6 is 0 Å². The number of hydrogen-bond donors (Lipinski definition) is 1. The van der Waals surface area contributed by atoms with Crippen LogP contribution in [0.1, 0.15) is 12.1 Å². The predicted octanol–water partition coefficient (Wildman–Crippen LogP) is 1.10. The zero-order valence-corrected chi connectivity index (χ0v) is 10.3. The van der Waals surface area contributed by atoms with Crippen molar-refractivity contribution in [3.05, 3.63) is 27.9 Å². The molecule has 3 rings (SSSR count). The molecule has 0 spiro atoms. The van der Waals surface area contributed by atoms with Gasteiger partial charge in [-0.2, -0.15) is 0 Å². The van der Waals surface area contributed by atoms with Crippen LogP contribution in [0.15, 0.2) is 12.1 Å². The topological polar surface area (TPSA) is 71.3 Å². The lowest BCUT2D eigenvalue weighted by atomic mass is 10.1. The molecule has 2 saturated heterocycles. The van der Waals surface area contributed by atoms with E-state index in [9.17, 15) is 10.1 Å². The fraction of sp³-hybridized carbons (Fsp3) is 0.583. The van der Waals surface area contributed by atoms with Crippen LogP contribution in [0.5, 0.6) is 0 Å². The number of nitrogens with zero attached hydrogens (tertiary/aromatic N) is 3. The Balaban J connectivity index is 2.00. The van der Waals surface area contributed by atoms with Crippen molar-refractivity contribution in [3.63, 3.8) is 0 Å². The Labute approximate surface area is 105 Å². The normalized spacial score (nSPS) is 26.4. The first-order valence-electron chi connectivity index (χ1n) is 6.26.